The second kappa shape index (κ2) is 7.37. The maximum Gasteiger partial charge on any atom is 0.00587 e. The van der Waals surface area contributed by atoms with Crippen LogP contribution < -0.4 is 0 Å². The van der Waals surface area contributed by atoms with E-state index in [0.29, 0.717) is 0 Å². The van der Waals surface area contributed by atoms with E-state index in [1.54, 1.807) is 0 Å². The Morgan fingerprint density at radius 1 is 0.786 bits per heavy atom. The third kappa shape index (κ3) is 4.27. The molecule has 14 heavy (non-hydrogen) atoms. The van der Waals surface area contributed by atoms with Gasteiger partial charge in [-0.1, -0.05) is 24.3 Å². The van der Waals surface area contributed by atoms with Crippen LogP contribution in [0.15, 0.2) is 50.6 Å². The van der Waals surface area contributed by atoms with E-state index in [4.69, 9.17) is 0 Å². The molecule has 0 aliphatic rings. The van der Waals surface area contributed by atoms with Crippen LogP contribution >= 0.6 is 0 Å². The second-order valence-corrected chi connectivity index (χ2v) is 3.65. The zero-order valence-corrected chi connectivity index (χ0v) is 9.17. The fourth-order valence-corrected chi connectivity index (χ4v) is 1.56. The summed E-state index contributed by atoms with van der Waals surface area (Å²) in [5.74, 6) is 0. The van der Waals surface area contributed by atoms with Gasteiger partial charge < -0.3 is 0 Å². The van der Waals surface area contributed by atoms with Gasteiger partial charge in [0.1, 0.15) is 0 Å². The minimum Gasteiger partial charge on any atom is -0.103 e. The summed E-state index contributed by atoms with van der Waals surface area (Å²) in [4.78, 5) is 0. The smallest absolute Gasteiger partial charge is 0.00587 e. The standard InChI is InChI=1S/C14H22/c1-5-9-11-13-14(7-3,8-4)12-10-6-2/h5-8H,1-4,9-13H2. The average Bonchev–Trinajstić information content (AvgIpc) is 2.24. The van der Waals surface area contributed by atoms with Gasteiger partial charge >= 0.3 is 0 Å². The topological polar surface area (TPSA) is 0 Å². The predicted molar refractivity (Wildman–Crippen MR) is 66.3 cm³/mol. The van der Waals surface area contributed by atoms with Gasteiger partial charge in [0.25, 0.3) is 0 Å². The van der Waals surface area contributed by atoms with E-state index in [2.05, 4.69) is 26.3 Å². The van der Waals surface area contributed by atoms with E-state index < -0.39 is 0 Å². The zero-order valence-electron chi connectivity index (χ0n) is 9.17. The van der Waals surface area contributed by atoms with Gasteiger partial charge in [0.05, 0.1) is 0 Å². The van der Waals surface area contributed by atoms with Crippen LogP contribution in [0.2, 0.25) is 0 Å². The van der Waals surface area contributed by atoms with Crippen LogP contribution in [0.1, 0.15) is 32.1 Å². The normalized spacial score (nSPS) is 10.6. The summed E-state index contributed by atoms with van der Waals surface area (Å²) in [6, 6.07) is 0. The molecule has 0 radical (unpaired) electrons. The van der Waals surface area contributed by atoms with Crippen LogP contribution in [0.25, 0.3) is 0 Å². The zero-order chi connectivity index (χ0) is 10.9. The van der Waals surface area contributed by atoms with Crippen molar-refractivity contribution >= 4 is 0 Å². The lowest BCUT2D eigenvalue weighted by atomic mass is 9.79. The lowest BCUT2D eigenvalue weighted by molar-refractivity contribution is 0.407. The number of unbranched alkanes of at least 4 members (excludes halogenated alkanes) is 1. The van der Waals surface area contributed by atoms with Crippen molar-refractivity contribution in [3.8, 4) is 0 Å². The van der Waals surface area contributed by atoms with Crippen LogP contribution in [0.3, 0.4) is 0 Å². The van der Waals surface area contributed by atoms with Crippen molar-refractivity contribution in [2.75, 3.05) is 0 Å². The molecule has 0 nitrogen and oxygen atoms in total. The summed E-state index contributed by atoms with van der Waals surface area (Å²) in [6.45, 7) is 15.3. The molecule has 0 unspecified atom stereocenters. The maximum absolute atomic E-state index is 3.90. The van der Waals surface area contributed by atoms with Crippen molar-refractivity contribution in [3.63, 3.8) is 0 Å². The van der Waals surface area contributed by atoms with E-state index in [0.717, 1.165) is 32.1 Å². The highest BCUT2D eigenvalue weighted by atomic mass is 14.2. The van der Waals surface area contributed by atoms with E-state index >= 15 is 0 Å². The first-order valence-electron chi connectivity index (χ1n) is 5.23. The molecule has 0 rings (SSSR count). The summed E-state index contributed by atoms with van der Waals surface area (Å²) in [5.41, 5.74) is 0.0944. The molecule has 78 valence electrons. The molecule has 0 aliphatic carbocycles. The SMILES string of the molecule is C=CCCCC(C=C)(C=C)CCC=C. The minimum absolute atomic E-state index is 0.0944. The van der Waals surface area contributed by atoms with Crippen LogP contribution in [0.5, 0.6) is 0 Å². The number of allylic oxidation sites excluding steroid dienone is 4. The van der Waals surface area contributed by atoms with Gasteiger partial charge in [0.15, 0.2) is 0 Å². The van der Waals surface area contributed by atoms with E-state index in [-0.39, 0.29) is 5.41 Å². The molecule has 0 fully saturated rings. The molecule has 0 aliphatic heterocycles. The molecular formula is C14H22. The van der Waals surface area contributed by atoms with Crippen LogP contribution in [-0.2, 0) is 0 Å². The number of rotatable bonds is 9. The van der Waals surface area contributed by atoms with Gasteiger partial charge in [-0.15, -0.1) is 26.3 Å². The largest absolute Gasteiger partial charge is 0.103 e. The van der Waals surface area contributed by atoms with Crippen molar-refractivity contribution in [1.82, 2.24) is 0 Å². The summed E-state index contributed by atoms with van der Waals surface area (Å²) < 4.78 is 0. The van der Waals surface area contributed by atoms with Crippen molar-refractivity contribution in [1.29, 1.82) is 0 Å². The summed E-state index contributed by atoms with van der Waals surface area (Å²) >= 11 is 0. The number of hydrogen-bond acceptors (Lipinski definition) is 0. The van der Waals surface area contributed by atoms with Crippen LogP contribution in [-0.4, -0.2) is 0 Å². The number of hydrogen-bond donors (Lipinski definition) is 0. The lowest BCUT2D eigenvalue weighted by Gasteiger charge is -2.26. The van der Waals surface area contributed by atoms with Crippen molar-refractivity contribution in [3.05, 3.63) is 50.6 Å². The van der Waals surface area contributed by atoms with Crippen LogP contribution in [0.4, 0.5) is 0 Å². The fraction of sp³-hybridized carbons (Fsp3) is 0.429. The highest BCUT2D eigenvalue weighted by Crippen LogP contribution is 2.33. The quantitative estimate of drug-likeness (QED) is 0.366. The molecule has 0 atom stereocenters. The van der Waals surface area contributed by atoms with Crippen molar-refractivity contribution in [2.45, 2.75) is 32.1 Å². The molecule has 0 heterocycles. The fourth-order valence-electron chi connectivity index (χ4n) is 1.56. The third-order valence-corrected chi connectivity index (χ3v) is 2.68. The molecular weight excluding hydrogens is 168 g/mol. The molecule has 0 saturated carbocycles. The second-order valence-electron chi connectivity index (χ2n) is 3.65. The maximum atomic E-state index is 3.90. The average molecular weight is 190 g/mol. The molecule has 0 aromatic carbocycles. The first-order valence-corrected chi connectivity index (χ1v) is 5.23. The third-order valence-electron chi connectivity index (χ3n) is 2.68. The minimum atomic E-state index is 0.0944. The first-order chi connectivity index (χ1) is 6.74. The van der Waals surface area contributed by atoms with Gasteiger partial charge in [0.2, 0.25) is 0 Å². The lowest BCUT2D eigenvalue weighted by Crippen LogP contribution is -2.13. The highest BCUT2D eigenvalue weighted by Gasteiger charge is 2.20. The Morgan fingerprint density at radius 3 is 1.79 bits per heavy atom. The Labute approximate surface area is 88.7 Å². The molecule has 0 saturated heterocycles. The van der Waals surface area contributed by atoms with Gasteiger partial charge in [0, 0.05) is 5.41 Å². The Morgan fingerprint density at radius 2 is 1.36 bits per heavy atom. The molecule has 0 heteroatoms. The Hall–Kier alpha value is -1.04. The van der Waals surface area contributed by atoms with Crippen LogP contribution in [0, 0.1) is 5.41 Å². The molecule has 0 aromatic heterocycles. The molecule has 0 N–H and O–H groups in total. The Balaban J connectivity index is 4.20. The highest BCUT2D eigenvalue weighted by molar-refractivity contribution is 5.07. The van der Waals surface area contributed by atoms with Gasteiger partial charge in [-0.3, -0.25) is 0 Å². The van der Waals surface area contributed by atoms with Gasteiger partial charge in [-0.25, -0.2) is 0 Å². The Bertz CT molecular complexity index is 190. The van der Waals surface area contributed by atoms with Gasteiger partial charge in [-0.2, -0.15) is 0 Å². The summed E-state index contributed by atoms with van der Waals surface area (Å²) in [5, 5.41) is 0. The molecule has 0 bridgehead atoms. The molecule has 0 amide bonds. The molecule has 0 aromatic rings. The monoisotopic (exact) mass is 190 g/mol. The summed E-state index contributed by atoms with van der Waals surface area (Å²) in [7, 11) is 0. The van der Waals surface area contributed by atoms with Crippen molar-refractivity contribution < 1.29 is 0 Å². The van der Waals surface area contributed by atoms with E-state index in [9.17, 15) is 0 Å². The van der Waals surface area contributed by atoms with E-state index in [1.807, 2.05) is 24.3 Å². The van der Waals surface area contributed by atoms with E-state index in [1.165, 1.54) is 0 Å². The Kier molecular flexibility index (Phi) is 6.82. The predicted octanol–water partition coefficient (Wildman–Crippen LogP) is 4.67. The van der Waals surface area contributed by atoms with Crippen molar-refractivity contribution in [2.24, 2.45) is 5.41 Å². The summed E-state index contributed by atoms with van der Waals surface area (Å²) in [6.07, 6.45) is 13.4. The first kappa shape index (κ1) is 13.0. The van der Waals surface area contributed by atoms with Gasteiger partial charge in [-0.05, 0) is 32.1 Å². The molecule has 0 spiro atoms.